The minimum absolute atomic E-state index is 0.166. The van der Waals surface area contributed by atoms with Crippen molar-refractivity contribution in [3.8, 4) is 0 Å². The van der Waals surface area contributed by atoms with Crippen LogP contribution >= 0.6 is 11.8 Å². The minimum Gasteiger partial charge on any atom is -0.360 e. The van der Waals surface area contributed by atoms with E-state index >= 15 is 0 Å². The summed E-state index contributed by atoms with van der Waals surface area (Å²) in [4.78, 5) is 4.66. The van der Waals surface area contributed by atoms with Crippen molar-refractivity contribution >= 4 is 16.9 Å². The van der Waals surface area contributed by atoms with E-state index in [9.17, 15) is 4.39 Å². The lowest BCUT2D eigenvalue weighted by Crippen LogP contribution is -2.48. The topological polar surface area (TPSA) is 24.4 Å². The Morgan fingerprint density at radius 1 is 1.45 bits per heavy atom. The summed E-state index contributed by atoms with van der Waals surface area (Å²) < 4.78 is 13.0. The zero-order valence-corrected chi connectivity index (χ0v) is 13.3. The standard InChI is InChI=1S/C16H23FN2S/c1-4-16(3)8-10-20-15(19-16)18-9-7-13-5-6-14(17)11-12(13)2/h5-6,11H,4,7-10H2,1-3H3,(H,18,19). The molecule has 20 heavy (non-hydrogen) atoms. The molecule has 0 amide bonds. The number of rotatable bonds is 4. The largest absolute Gasteiger partial charge is 0.360 e. The van der Waals surface area contributed by atoms with Gasteiger partial charge in [-0.3, -0.25) is 4.99 Å². The molecule has 0 spiro atoms. The zero-order valence-electron chi connectivity index (χ0n) is 12.5. The molecule has 1 aromatic rings. The fourth-order valence-corrected chi connectivity index (χ4v) is 3.54. The van der Waals surface area contributed by atoms with Gasteiger partial charge in [-0.1, -0.05) is 24.8 Å². The first-order valence-corrected chi connectivity index (χ1v) is 8.21. The molecular formula is C16H23FN2S. The predicted octanol–water partition coefficient (Wildman–Crippen LogP) is 3.93. The first-order chi connectivity index (χ1) is 9.52. The summed E-state index contributed by atoms with van der Waals surface area (Å²) in [6, 6.07) is 4.98. The molecule has 0 radical (unpaired) electrons. The number of aryl methyl sites for hydroxylation is 1. The first-order valence-electron chi connectivity index (χ1n) is 7.23. The second-order valence-corrected chi connectivity index (χ2v) is 6.73. The molecular weight excluding hydrogens is 271 g/mol. The molecule has 2 nitrogen and oxygen atoms in total. The summed E-state index contributed by atoms with van der Waals surface area (Å²) in [5, 5.41) is 4.60. The Hall–Kier alpha value is -1.03. The molecule has 2 rings (SSSR count). The molecule has 0 aromatic heterocycles. The van der Waals surface area contributed by atoms with Crippen LogP contribution in [-0.2, 0) is 6.42 Å². The molecule has 1 heterocycles. The Balaban J connectivity index is 1.93. The maximum atomic E-state index is 13.0. The van der Waals surface area contributed by atoms with Crippen molar-refractivity contribution in [3.63, 3.8) is 0 Å². The fourth-order valence-electron chi connectivity index (χ4n) is 2.30. The van der Waals surface area contributed by atoms with Crippen LogP contribution in [-0.4, -0.2) is 23.0 Å². The molecule has 1 saturated heterocycles. The number of amidine groups is 1. The monoisotopic (exact) mass is 294 g/mol. The van der Waals surface area contributed by atoms with Gasteiger partial charge in [0.1, 0.15) is 5.82 Å². The van der Waals surface area contributed by atoms with E-state index in [-0.39, 0.29) is 11.4 Å². The number of nitrogens with one attached hydrogen (secondary N) is 1. The number of thioether (sulfide) groups is 1. The number of hydrogen-bond donors (Lipinski definition) is 1. The van der Waals surface area contributed by atoms with Gasteiger partial charge >= 0.3 is 0 Å². The van der Waals surface area contributed by atoms with Crippen LogP contribution in [0.4, 0.5) is 4.39 Å². The molecule has 1 atom stereocenters. The van der Waals surface area contributed by atoms with Crippen molar-refractivity contribution in [2.24, 2.45) is 4.99 Å². The van der Waals surface area contributed by atoms with Gasteiger partial charge in [0.15, 0.2) is 5.17 Å². The van der Waals surface area contributed by atoms with Crippen molar-refractivity contribution in [1.82, 2.24) is 5.32 Å². The van der Waals surface area contributed by atoms with E-state index in [0.29, 0.717) is 0 Å². The van der Waals surface area contributed by atoms with E-state index in [4.69, 9.17) is 0 Å². The second-order valence-electron chi connectivity index (χ2n) is 5.65. The molecule has 1 aliphatic rings. The van der Waals surface area contributed by atoms with E-state index < -0.39 is 0 Å². The molecule has 1 aliphatic heterocycles. The minimum atomic E-state index is -0.166. The Morgan fingerprint density at radius 2 is 2.25 bits per heavy atom. The van der Waals surface area contributed by atoms with E-state index in [0.717, 1.165) is 35.9 Å². The van der Waals surface area contributed by atoms with Gasteiger partial charge in [0.05, 0.1) is 0 Å². The number of hydrogen-bond acceptors (Lipinski definition) is 2. The van der Waals surface area contributed by atoms with Crippen molar-refractivity contribution in [2.45, 2.75) is 45.6 Å². The molecule has 1 fully saturated rings. The van der Waals surface area contributed by atoms with Gasteiger partial charge in [0, 0.05) is 17.8 Å². The SMILES string of the molecule is CCC1(C)CCSC(=NCCc2ccc(F)cc2C)N1. The van der Waals surface area contributed by atoms with Crippen LogP contribution in [0.3, 0.4) is 0 Å². The molecule has 0 bridgehead atoms. The van der Waals surface area contributed by atoms with E-state index in [1.165, 1.54) is 18.1 Å². The lowest BCUT2D eigenvalue weighted by molar-refractivity contribution is 0.390. The highest BCUT2D eigenvalue weighted by Crippen LogP contribution is 2.24. The third kappa shape index (κ3) is 3.98. The third-order valence-electron chi connectivity index (χ3n) is 4.02. The Bertz CT molecular complexity index is 501. The van der Waals surface area contributed by atoms with Gasteiger partial charge in [0.2, 0.25) is 0 Å². The smallest absolute Gasteiger partial charge is 0.156 e. The summed E-state index contributed by atoms with van der Waals surface area (Å²) in [6.45, 7) is 7.17. The van der Waals surface area contributed by atoms with Gasteiger partial charge in [-0.2, -0.15) is 0 Å². The van der Waals surface area contributed by atoms with E-state index in [1.807, 2.05) is 13.0 Å². The van der Waals surface area contributed by atoms with Gasteiger partial charge in [0.25, 0.3) is 0 Å². The molecule has 0 saturated carbocycles. The van der Waals surface area contributed by atoms with Gasteiger partial charge in [-0.05, 0) is 56.4 Å². The van der Waals surface area contributed by atoms with Crippen LogP contribution in [0.5, 0.6) is 0 Å². The van der Waals surface area contributed by atoms with Crippen LogP contribution in [0.25, 0.3) is 0 Å². The predicted molar refractivity (Wildman–Crippen MR) is 86.0 cm³/mol. The normalized spacial score (nSPS) is 24.7. The lowest BCUT2D eigenvalue weighted by Gasteiger charge is -2.35. The van der Waals surface area contributed by atoms with Crippen LogP contribution < -0.4 is 5.32 Å². The Kier molecular flexibility index (Phi) is 5.08. The highest BCUT2D eigenvalue weighted by molar-refractivity contribution is 8.13. The molecule has 4 heteroatoms. The first kappa shape index (κ1) is 15.4. The van der Waals surface area contributed by atoms with Crippen molar-refractivity contribution in [3.05, 3.63) is 35.1 Å². The van der Waals surface area contributed by atoms with Crippen molar-refractivity contribution < 1.29 is 4.39 Å². The molecule has 1 unspecified atom stereocenters. The van der Waals surface area contributed by atoms with Crippen molar-refractivity contribution in [2.75, 3.05) is 12.3 Å². The van der Waals surface area contributed by atoms with E-state index in [1.54, 1.807) is 17.8 Å². The Morgan fingerprint density at radius 3 is 2.95 bits per heavy atom. The molecule has 1 N–H and O–H groups in total. The van der Waals surface area contributed by atoms with Gasteiger partial charge < -0.3 is 5.32 Å². The highest BCUT2D eigenvalue weighted by Gasteiger charge is 2.27. The number of aliphatic imine (C=N–C) groups is 1. The number of halogens is 1. The van der Waals surface area contributed by atoms with Crippen LogP contribution in [0, 0.1) is 12.7 Å². The van der Waals surface area contributed by atoms with Crippen LogP contribution in [0.15, 0.2) is 23.2 Å². The third-order valence-corrected chi connectivity index (χ3v) is 4.94. The van der Waals surface area contributed by atoms with E-state index in [2.05, 4.69) is 24.2 Å². The maximum absolute atomic E-state index is 13.0. The van der Waals surface area contributed by atoms with Crippen LogP contribution in [0.2, 0.25) is 0 Å². The number of nitrogens with zero attached hydrogens (tertiary/aromatic N) is 1. The molecule has 110 valence electrons. The van der Waals surface area contributed by atoms with Gasteiger partial charge in [-0.15, -0.1) is 0 Å². The summed E-state index contributed by atoms with van der Waals surface area (Å²) in [5.74, 6) is 0.965. The summed E-state index contributed by atoms with van der Waals surface area (Å²) in [7, 11) is 0. The number of benzene rings is 1. The quantitative estimate of drug-likeness (QED) is 0.910. The Labute approximate surface area is 125 Å². The summed E-state index contributed by atoms with van der Waals surface area (Å²) in [5.41, 5.74) is 2.37. The highest BCUT2D eigenvalue weighted by atomic mass is 32.2. The summed E-state index contributed by atoms with van der Waals surface area (Å²) in [6.07, 6.45) is 3.16. The molecule has 0 aliphatic carbocycles. The lowest BCUT2D eigenvalue weighted by atomic mass is 9.96. The fraction of sp³-hybridized carbons (Fsp3) is 0.562. The molecule has 1 aromatic carbocycles. The second kappa shape index (κ2) is 6.61. The van der Waals surface area contributed by atoms with Crippen molar-refractivity contribution in [1.29, 1.82) is 0 Å². The zero-order chi connectivity index (χ0) is 14.6. The maximum Gasteiger partial charge on any atom is 0.156 e. The van der Waals surface area contributed by atoms with Crippen LogP contribution in [0.1, 0.15) is 37.8 Å². The average Bonchev–Trinajstić information content (AvgIpc) is 2.41. The summed E-state index contributed by atoms with van der Waals surface area (Å²) >= 11 is 1.80. The van der Waals surface area contributed by atoms with Gasteiger partial charge in [-0.25, -0.2) is 4.39 Å². The average molecular weight is 294 g/mol.